The lowest BCUT2D eigenvalue weighted by molar-refractivity contribution is -0.142. The summed E-state index contributed by atoms with van der Waals surface area (Å²) in [5.41, 5.74) is 6.92. The van der Waals surface area contributed by atoms with Crippen molar-refractivity contribution in [1.29, 1.82) is 0 Å². The van der Waals surface area contributed by atoms with Crippen LogP contribution in [0.4, 0.5) is 0 Å². The molecule has 1 heterocycles. The number of H-pyrrole nitrogens is 1. The van der Waals surface area contributed by atoms with Crippen LogP contribution in [0.25, 0.3) is 11.0 Å². The second-order valence-electron chi connectivity index (χ2n) is 3.76. The number of aromatic amines is 1. The maximum atomic E-state index is 11.3. The summed E-state index contributed by atoms with van der Waals surface area (Å²) in [7, 11) is 0. The minimum atomic E-state index is -0.508. The lowest BCUT2D eigenvalue weighted by Crippen LogP contribution is -2.10. The van der Waals surface area contributed by atoms with E-state index in [2.05, 4.69) is 9.97 Å². The van der Waals surface area contributed by atoms with E-state index in [1.54, 1.807) is 25.1 Å². The van der Waals surface area contributed by atoms with E-state index in [9.17, 15) is 9.59 Å². The fourth-order valence-electron chi connectivity index (χ4n) is 1.64. The Labute approximate surface area is 103 Å². The number of benzene rings is 1. The van der Waals surface area contributed by atoms with Gasteiger partial charge in [0.05, 0.1) is 17.6 Å². The standard InChI is InChI=1S/C12H13N3O3/c1-2-18-11(16)6-10-14-8-4-3-7(12(13)17)5-9(8)15-10/h3-5H,2,6H2,1H3,(H2,13,17)(H,14,15). The van der Waals surface area contributed by atoms with Gasteiger partial charge < -0.3 is 15.5 Å². The van der Waals surface area contributed by atoms with Crippen molar-refractivity contribution in [3.8, 4) is 0 Å². The summed E-state index contributed by atoms with van der Waals surface area (Å²) in [6.45, 7) is 2.08. The number of rotatable bonds is 4. The van der Waals surface area contributed by atoms with Gasteiger partial charge in [0.2, 0.25) is 5.91 Å². The second-order valence-corrected chi connectivity index (χ2v) is 3.76. The van der Waals surface area contributed by atoms with Crippen molar-refractivity contribution in [3.63, 3.8) is 0 Å². The van der Waals surface area contributed by atoms with E-state index < -0.39 is 5.91 Å². The molecule has 0 aliphatic heterocycles. The fraction of sp³-hybridized carbons (Fsp3) is 0.250. The van der Waals surface area contributed by atoms with Crippen LogP contribution in [0.3, 0.4) is 0 Å². The second kappa shape index (κ2) is 4.87. The van der Waals surface area contributed by atoms with Gasteiger partial charge in [0.1, 0.15) is 12.2 Å². The number of ether oxygens (including phenoxy) is 1. The van der Waals surface area contributed by atoms with E-state index >= 15 is 0 Å². The zero-order valence-corrected chi connectivity index (χ0v) is 9.90. The summed E-state index contributed by atoms with van der Waals surface area (Å²) in [4.78, 5) is 29.5. The third-order valence-electron chi connectivity index (χ3n) is 2.43. The first kappa shape index (κ1) is 12.1. The van der Waals surface area contributed by atoms with Crippen molar-refractivity contribution in [1.82, 2.24) is 9.97 Å². The van der Waals surface area contributed by atoms with Crippen molar-refractivity contribution in [3.05, 3.63) is 29.6 Å². The molecule has 94 valence electrons. The first-order chi connectivity index (χ1) is 8.60. The number of hydrogen-bond donors (Lipinski definition) is 2. The van der Waals surface area contributed by atoms with Gasteiger partial charge in [-0.25, -0.2) is 4.98 Å². The Morgan fingerprint density at radius 1 is 1.44 bits per heavy atom. The largest absolute Gasteiger partial charge is 0.466 e. The van der Waals surface area contributed by atoms with Crippen molar-refractivity contribution in [2.24, 2.45) is 5.73 Å². The summed E-state index contributed by atoms with van der Waals surface area (Å²) >= 11 is 0. The van der Waals surface area contributed by atoms with E-state index in [0.29, 0.717) is 23.5 Å². The zero-order valence-electron chi connectivity index (χ0n) is 9.90. The molecule has 0 bridgehead atoms. The molecule has 0 saturated heterocycles. The molecule has 0 unspecified atom stereocenters. The number of nitrogens with zero attached hydrogens (tertiary/aromatic N) is 1. The average molecular weight is 247 g/mol. The first-order valence-electron chi connectivity index (χ1n) is 5.54. The van der Waals surface area contributed by atoms with Crippen molar-refractivity contribution < 1.29 is 14.3 Å². The minimum absolute atomic E-state index is 0.0778. The smallest absolute Gasteiger partial charge is 0.313 e. The van der Waals surface area contributed by atoms with Gasteiger partial charge in [0.25, 0.3) is 0 Å². The minimum Gasteiger partial charge on any atom is -0.466 e. The molecule has 0 aliphatic carbocycles. The average Bonchev–Trinajstić information content (AvgIpc) is 2.69. The van der Waals surface area contributed by atoms with Crippen LogP contribution in [0, 0.1) is 0 Å². The molecular weight excluding hydrogens is 234 g/mol. The van der Waals surface area contributed by atoms with Crippen LogP contribution in [0.5, 0.6) is 0 Å². The monoisotopic (exact) mass is 247 g/mol. The number of carbonyl (C=O) groups is 2. The number of imidazole rings is 1. The summed E-state index contributed by atoms with van der Waals surface area (Å²) < 4.78 is 4.83. The highest BCUT2D eigenvalue weighted by Gasteiger charge is 2.10. The molecule has 0 spiro atoms. The Morgan fingerprint density at radius 2 is 2.22 bits per heavy atom. The van der Waals surface area contributed by atoms with Gasteiger partial charge in [-0.2, -0.15) is 0 Å². The first-order valence-corrected chi connectivity index (χ1v) is 5.54. The Bertz CT molecular complexity index is 604. The Balaban J connectivity index is 2.27. The number of fused-ring (bicyclic) bond motifs is 1. The van der Waals surface area contributed by atoms with Gasteiger partial charge in [0, 0.05) is 5.56 Å². The van der Waals surface area contributed by atoms with Crippen LogP contribution >= 0.6 is 0 Å². The number of esters is 1. The predicted molar refractivity (Wildman–Crippen MR) is 64.9 cm³/mol. The highest BCUT2D eigenvalue weighted by atomic mass is 16.5. The molecule has 0 fully saturated rings. The molecule has 1 amide bonds. The van der Waals surface area contributed by atoms with E-state index in [4.69, 9.17) is 10.5 Å². The molecule has 18 heavy (non-hydrogen) atoms. The molecule has 0 aliphatic rings. The van der Waals surface area contributed by atoms with Gasteiger partial charge >= 0.3 is 5.97 Å². The molecule has 1 aromatic heterocycles. The number of primary amides is 1. The maximum absolute atomic E-state index is 11.3. The van der Waals surface area contributed by atoms with Crippen LogP contribution in [0.2, 0.25) is 0 Å². The van der Waals surface area contributed by atoms with Crippen LogP contribution in [-0.2, 0) is 16.0 Å². The maximum Gasteiger partial charge on any atom is 0.313 e. The Morgan fingerprint density at radius 3 is 2.89 bits per heavy atom. The zero-order chi connectivity index (χ0) is 13.1. The Kier molecular flexibility index (Phi) is 3.27. The molecule has 3 N–H and O–H groups in total. The lowest BCUT2D eigenvalue weighted by Gasteiger charge is -1.97. The van der Waals surface area contributed by atoms with Crippen LogP contribution in [0.15, 0.2) is 18.2 Å². The normalized spacial score (nSPS) is 10.5. The van der Waals surface area contributed by atoms with Gasteiger partial charge in [-0.15, -0.1) is 0 Å². The van der Waals surface area contributed by atoms with Crippen LogP contribution in [-0.4, -0.2) is 28.5 Å². The van der Waals surface area contributed by atoms with Crippen molar-refractivity contribution in [2.75, 3.05) is 6.61 Å². The number of aromatic nitrogens is 2. The molecule has 6 nitrogen and oxygen atoms in total. The molecule has 0 saturated carbocycles. The molecule has 2 aromatic rings. The van der Waals surface area contributed by atoms with E-state index in [1.807, 2.05) is 0 Å². The third kappa shape index (κ3) is 2.48. The Hall–Kier alpha value is -2.37. The van der Waals surface area contributed by atoms with Gasteiger partial charge in [-0.1, -0.05) is 0 Å². The summed E-state index contributed by atoms with van der Waals surface area (Å²) in [6.07, 6.45) is 0.0778. The summed E-state index contributed by atoms with van der Waals surface area (Å²) in [5, 5.41) is 0. The summed E-state index contributed by atoms with van der Waals surface area (Å²) in [6, 6.07) is 4.90. The van der Waals surface area contributed by atoms with Crippen molar-refractivity contribution >= 4 is 22.9 Å². The van der Waals surface area contributed by atoms with E-state index in [1.165, 1.54) is 0 Å². The molecule has 1 aromatic carbocycles. The quantitative estimate of drug-likeness (QED) is 0.779. The predicted octanol–water partition coefficient (Wildman–Crippen LogP) is 0.767. The number of hydrogen-bond acceptors (Lipinski definition) is 4. The molecular formula is C12H13N3O3. The van der Waals surface area contributed by atoms with Crippen LogP contribution < -0.4 is 5.73 Å². The molecule has 0 atom stereocenters. The van der Waals surface area contributed by atoms with Crippen LogP contribution in [0.1, 0.15) is 23.1 Å². The molecule has 0 radical (unpaired) electrons. The van der Waals surface area contributed by atoms with Gasteiger partial charge in [-0.05, 0) is 25.1 Å². The van der Waals surface area contributed by atoms with E-state index in [0.717, 1.165) is 5.52 Å². The summed E-state index contributed by atoms with van der Waals surface area (Å²) in [5.74, 6) is -0.344. The topological polar surface area (TPSA) is 98.1 Å². The SMILES string of the molecule is CCOC(=O)Cc1nc2cc(C(N)=O)ccc2[nH]1. The fourth-order valence-corrected chi connectivity index (χ4v) is 1.64. The number of amides is 1. The lowest BCUT2D eigenvalue weighted by atomic mass is 10.2. The highest BCUT2D eigenvalue weighted by Crippen LogP contribution is 2.14. The number of carbonyl (C=O) groups excluding carboxylic acids is 2. The molecule has 6 heteroatoms. The van der Waals surface area contributed by atoms with Gasteiger partial charge in [-0.3, -0.25) is 9.59 Å². The van der Waals surface area contributed by atoms with E-state index in [-0.39, 0.29) is 12.4 Å². The van der Waals surface area contributed by atoms with Gasteiger partial charge in [0.15, 0.2) is 0 Å². The molecule has 2 rings (SSSR count). The number of nitrogens with two attached hydrogens (primary N) is 1. The number of nitrogens with one attached hydrogen (secondary N) is 1. The van der Waals surface area contributed by atoms with Crippen molar-refractivity contribution in [2.45, 2.75) is 13.3 Å². The highest BCUT2D eigenvalue weighted by molar-refractivity contribution is 5.96. The third-order valence-corrected chi connectivity index (χ3v) is 2.43.